The molecule has 0 saturated heterocycles. The summed E-state index contributed by atoms with van der Waals surface area (Å²) in [6.45, 7) is 3.04. The quantitative estimate of drug-likeness (QED) is 0.747. The highest BCUT2D eigenvalue weighted by atomic mass is 19.1. The fraction of sp³-hybridized carbons (Fsp3) is 0.538. The molecule has 0 amide bonds. The van der Waals surface area contributed by atoms with Crippen molar-refractivity contribution in [3.8, 4) is 0 Å². The Hall–Kier alpha value is -1.00. The number of hydrogen-bond acceptors (Lipinski definition) is 2. The molecule has 0 aromatic heterocycles. The van der Waals surface area contributed by atoms with E-state index in [0.717, 1.165) is 6.42 Å². The van der Waals surface area contributed by atoms with Gasteiger partial charge in [-0.15, -0.1) is 0 Å². The molecule has 1 atom stereocenters. The van der Waals surface area contributed by atoms with Crippen LogP contribution >= 0.6 is 0 Å². The Labute approximate surface area is 100 Å². The summed E-state index contributed by atoms with van der Waals surface area (Å²) in [6.07, 6.45) is 0.498. The molecule has 0 spiro atoms. The Kier molecular flexibility index (Phi) is 6.08. The van der Waals surface area contributed by atoms with Gasteiger partial charge in [0.2, 0.25) is 0 Å². The van der Waals surface area contributed by atoms with Crippen LogP contribution < -0.4 is 0 Å². The van der Waals surface area contributed by atoms with Gasteiger partial charge in [-0.3, -0.25) is 0 Å². The van der Waals surface area contributed by atoms with E-state index in [1.807, 2.05) is 6.92 Å². The molecule has 0 aliphatic rings. The fourth-order valence-electron chi connectivity index (χ4n) is 1.53. The topological polar surface area (TPSA) is 29.5 Å². The molecule has 1 rings (SSSR count). The van der Waals surface area contributed by atoms with Crippen molar-refractivity contribution in [1.29, 1.82) is 0 Å². The number of halogens is 2. The Balaban J connectivity index is 2.42. The van der Waals surface area contributed by atoms with Crippen molar-refractivity contribution in [2.75, 3.05) is 13.2 Å². The van der Waals surface area contributed by atoms with Gasteiger partial charge in [-0.2, -0.15) is 0 Å². The van der Waals surface area contributed by atoms with Crippen LogP contribution in [0.25, 0.3) is 0 Å². The highest BCUT2D eigenvalue weighted by molar-refractivity contribution is 5.20. The second-order valence-electron chi connectivity index (χ2n) is 3.96. The van der Waals surface area contributed by atoms with Crippen LogP contribution in [0.2, 0.25) is 0 Å². The summed E-state index contributed by atoms with van der Waals surface area (Å²) in [6, 6.07) is 3.70. The van der Waals surface area contributed by atoms with Crippen LogP contribution in [0.15, 0.2) is 18.2 Å². The van der Waals surface area contributed by atoms with E-state index in [1.54, 1.807) is 0 Å². The number of ether oxygens (including phenoxy) is 1. The molecule has 4 heteroatoms. The normalized spacial score (nSPS) is 12.7. The van der Waals surface area contributed by atoms with Gasteiger partial charge in [0.1, 0.15) is 11.6 Å². The van der Waals surface area contributed by atoms with Crippen LogP contribution in [0.4, 0.5) is 8.78 Å². The van der Waals surface area contributed by atoms with E-state index < -0.39 is 17.7 Å². The molecular formula is C13H18F2O2. The van der Waals surface area contributed by atoms with Crippen molar-refractivity contribution in [2.24, 2.45) is 0 Å². The number of aliphatic hydroxyl groups is 1. The molecule has 96 valence electrons. The van der Waals surface area contributed by atoms with Gasteiger partial charge in [-0.25, -0.2) is 8.78 Å². The smallest absolute Gasteiger partial charge is 0.129 e. The van der Waals surface area contributed by atoms with Crippen molar-refractivity contribution in [1.82, 2.24) is 0 Å². The van der Waals surface area contributed by atoms with Gasteiger partial charge < -0.3 is 9.84 Å². The summed E-state index contributed by atoms with van der Waals surface area (Å²) in [5.74, 6) is -1.22. The summed E-state index contributed by atoms with van der Waals surface area (Å²) in [5.41, 5.74) is -0.0597. The van der Waals surface area contributed by atoms with Gasteiger partial charge >= 0.3 is 0 Å². The number of hydrogen-bond donors (Lipinski definition) is 1. The lowest BCUT2D eigenvalue weighted by atomic mass is 10.0. The van der Waals surface area contributed by atoms with E-state index in [0.29, 0.717) is 19.6 Å². The van der Waals surface area contributed by atoms with Gasteiger partial charge in [0.15, 0.2) is 0 Å². The summed E-state index contributed by atoms with van der Waals surface area (Å²) in [4.78, 5) is 0. The second kappa shape index (κ2) is 7.35. The second-order valence-corrected chi connectivity index (χ2v) is 3.96. The van der Waals surface area contributed by atoms with Crippen molar-refractivity contribution < 1.29 is 18.6 Å². The average molecular weight is 244 g/mol. The SMILES string of the molecule is CCCOCCC(O)Cc1c(F)cccc1F. The number of benzene rings is 1. The highest BCUT2D eigenvalue weighted by Gasteiger charge is 2.13. The lowest BCUT2D eigenvalue weighted by molar-refractivity contribution is 0.0816. The zero-order chi connectivity index (χ0) is 12.7. The Morgan fingerprint density at radius 3 is 2.47 bits per heavy atom. The number of rotatable bonds is 7. The monoisotopic (exact) mass is 244 g/mol. The van der Waals surface area contributed by atoms with Gasteiger partial charge in [-0.1, -0.05) is 13.0 Å². The first-order valence-corrected chi connectivity index (χ1v) is 5.83. The molecule has 1 aromatic rings. The standard InChI is InChI=1S/C13H18F2O2/c1-2-7-17-8-6-10(16)9-11-12(14)4-3-5-13(11)15/h3-5,10,16H,2,6-9H2,1H3. The highest BCUT2D eigenvalue weighted by Crippen LogP contribution is 2.15. The lowest BCUT2D eigenvalue weighted by Crippen LogP contribution is -2.15. The largest absolute Gasteiger partial charge is 0.393 e. The molecule has 17 heavy (non-hydrogen) atoms. The molecule has 1 aromatic carbocycles. The lowest BCUT2D eigenvalue weighted by Gasteiger charge is -2.12. The minimum Gasteiger partial charge on any atom is -0.393 e. The van der Waals surface area contributed by atoms with E-state index in [4.69, 9.17) is 4.74 Å². The molecule has 0 fully saturated rings. The maximum atomic E-state index is 13.3. The molecule has 0 saturated carbocycles. The minimum absolute atomic E-state index is 0.0198. The summed E-state index contributed by atoms with van der Waals surface area (Å²) in [5, 5.41) is 9.64. The summed E-state index contributed by atoms with van der Waals surface area (Å²) < 4.78 is 31.7. The first-order chi connectivity index (χ1) is 8.15. The molecule has 0 aliphatic heterocycles. The molecule has 2 nitrogen and oxygen atoms in total. The van der Waals surface area contributed by atoms with Gasteiger partial charge in [-0.05, 0) is 25.0 Å². The van der Waals surface area contributed by atoms with Crippen LogP contribution in [-0.2, 0) is 11.2 Å². The molecular weight excluding hydrogens is 226 g/mol. The molecule has 0 radical (unpaired) electrons. The molecule has 0 aliphatic carbocycles. The van der Waals surface area contributed by atoms with Crippen molar-refractivity contribution in [3.05, 3.63) is 35.4 Å². The Bertz CT molecular complexity index is 322. The predicted molar refractivity (Wildman–Crippen MR) is 61.8 cm³/mol. The maximum Gasteiger partial charge on any atom is 0.129 e. The van der Waals surface area contributed by atoms with Crippen LogP contribution in [0, 0.1) is 11.6 Å². The first kappa shape index (κ1) is 14.1. The molecule has 0 heterocycles. The van der Waals surface area contributed by atoms with Gasteiger partial charge in [0.25, 0.3) is 0 Å². The molecule has 1 N–H and O–H groups in total. The third-order valence-corrected chi connectivity index (χ3v) is 2.45. The first-order valence-electron chi connectivity index (χ1n) is 5.83. The maximum absolute atomic E-state index is 13.3. The van der Waals surface area contributed by atoms with Crippen LogP contribution in [0.3, 0.4) is 0 Å². The predicted octanol–water partition coefficient (Wildman–Crippen LogP) is 2.68. The third kappa shape index (κ3) is 4.79. The number of aliphatic hydroxyl groups excluding tert-OH is 1. The van der Waals surface area contributed by atoms with E-state index in [9.17, 15) is 13.9 Å². The van der Waals surface area contributed by atoms with Crippen molar-refractivity contribution in [3.63, 3.8) is 0 Å². The van der Waals surface area contributed by atoms with Crippen molar-refractivity contribution in [2.45, 2.75) is 32.3 Å². The average Bonchev–Trinajstić information content (AvgIpc) is 2.30. The molecule has 1 unspecified atom stereocenters. The van der Waals surface area contributed by atoms with E-state index in [1.165, 1.54) is 18.2 Å². The van der Waals surface area contributed by atoms with E-state index in [-0.39, 0.29) is 12.0 Å². The van der Waals surface area contributed by atoms with Gasteiger partial charge in [0.05, 0.1) is 6.10 Å². The minimum atomic E-state index is -0.779. The Morgan fingerprint density at radius 1 is 1.24 bits per heavy atom. The summed E-state index contributed by atoms with van der Waals surface area (Å²) >= 11 is 0. The van der Waals surface area contributed by atoms with Crippen molar-refractivity contribution >= 4 is 0 Å². The third-order valence-electron chi connectivity index (χ3n) is 2.45. The van der Waals surface area contributed by atoms with E-state index >= 15 is 0 Å². The van der Waals surface area contributed by atoms with Gasteiger partial charge in [0, 0.05) is 25.2 Å². The Morgan fingerprint density at radius 2 is 1.88 bits per heavy atom. The molecule has 0 bridgehead atoms. The van der Waals surface area contributed by atoms with Crippen LogP contribution in [-0.4, -0.2) is 24.4 Å². The van der Waals surface area contributed by atoms with E-state index in [2.05, 4.69) is 0 Å². The fourth-order valence-corrected chi connectivity index (χ4v) is 1.53. The van der Waals surface area contributed by atoms with Crippen LogP contribution in [0.1, 0.15) is 25.3 Å². The zero-order valence-electron chi connectivity index (χ0n) is 9.96. The van der Waals surface area contributed by atoms with Crippen LogP contribution in [0.5, 0.6) is 0 Å². The zero-order valence-corrected chi connectivity index (χ0v) is 9.96. The summed E-state index contributed by atoms with van der Waals surface area (Å²) in [7, 11) is 0.